The summed E-state index contributed by atoms with van der Waals surface area (Å²) in [6.45, 7) is 6.00. The first kappa shape index (κ1) is 14.8. The van der Waals surface area contributed by atoms with Gasteiger partial charge in [0.25, 0.3) is 5.91 Å². The summed E-state index contributed by atoms with van der Waals surface area (Å²) in [6.07, 6.45) is 3.71. The van der Waals surface area contributed by atoms with Gasteiger partial charge < -0.3 is 0 Å². The van der Waals surface area contributed by atoms with E-state index in [1.54, 1.807) is 13.1 Å². The molecule has 0 aliphatic heterocycles. The molecule has 6 nitrogen and oxygen atoms in total. The molecule has 0 saturated heterocycles. The van der Waals surface area contributed by atoms with Crippen LogP contribution in [0.4, 0.5) is 0 Å². The summed E-state index contributed by atoms with van der Waals surface area (Å²) in [5.41, 5.74) is 5.98. The predicted octanol–water partition coefficient (Wildman–Crippen LogP) is 2.35. The van der Waals surface area contributed by atoms with Gasteiger partial charge in [-0.1, -0.05) is 24.4 Å². The van der Waals surface area contributed by atoms with E-state index in [1.165, 1.54) is 5.56 Å². The van der Waals surface area contributed by atoms with E-state index >= 15 is 0 Å². The highest BCUT2D eigenvalue weighted by Gasteiger charge is 2.33. The Labute approximate surface area is 132 Å². The Morgan fingerprint density at radius 2 is 2.27 bits per heavy atom. The lowest BCUT2D eigenvalue weighted by Gasteiger charge is -2.31. The number of hydrazone groups is 1. The molecule has 0 unspecified atom stereocenters. The third-order valence-corrected chi connectivity index (χ3v) is 4.73. The van der Waals surface area contributed by atoms with Crippen molar-refractivity contribution in [3.8, 4) is 0 Å². The van der Waals surface area contributed by atoms with Crippen LogP contribution in [0.5, 0.6) is 0 Å². The average molecular weight is 315 g/mol. The maximum atomic E-state index is 12.2. The normalized spacial score (nSPS) is 18.0. The number of pyridine rings is 1. The minimum atomic E-state index is -0.279. The number of amides is 1. The van der Waals surface area contributed by atoms with Crippen LogP contribution in [0.1, 0.15) is 46.9 Å². The molecule has 0 fully saturated rings. The average Bonchev–Trinajstić information content (AvgIpc) is 2.92. The summed E-state index contributed by atoms with van der Waals surface area (Å²) < 4.78 is 3.77. The maximum Gasteiger partial charge on any atom is 0.285 e. The Kier molecular flexibility index (Phi) is 3.74. The molecular weight excluding hydrogens is 298 g/mol. The van der Waals surface area contributed by atoms with Crippen LogP contribution in [0.15, 0.2) is 23.4 Å². The van der Waals surface area contributed by atoms with Gasteiger partial charge in [0.2, 0.25) is 0 Å². The number of hydrogen-bond acceptors (Lipinski definition) is 6. The molecule has 0 radical (unpaired) electrons. The van der Waals surface area contributed by atoms with E-state index < -0.39 is 0 Å². The molecule has 114 valence electrons. The van der Waals surface area contributed by atoms with E-state index in [2.05, 4.69) is 45.0 Å². The van der Waals surface area contributed by atoms with Gasteiger partial charge in [0, 0.05) is 11.6 Å². The smallest absolute Gasteiger partial charge is 0.266 e. The van der Waals surface area contributed by atoms with Gasteiger partial charge in [-0.25, -0.2) is 5.43 Å². The van der Waals surface area contributed by atoms with E-state index in [0.29, 0.717) is 10.6 Å². The maximum absolute atomic E-state index is 12.2. The molecule has 1 N–H and O–H groups in total. The summed E-state index contributed by atoms with van der Waals surface area (Å²) in [5.74, 6) is -0.279. The largest absolute Gasteiger partial charge is 0.285 e. The zero-order chi connectivity index (χ0) is 15.7. The molecular formula is C15H17N5OS. The fourth-order valence-corrected chi connectivity index (χ4v) is 3.09. The first-order chi connectivity index (χ1) is 10.5. The molecule has 0 atom stereocenters. The van der Waals surface area contributed by atoms with E-state index in [-0.39, 0.29) is 11.3 Å². The molecule has 1 amide bonds. The van der Waals surface area contributed by atoms with Crippen LogP contribution in [-0.4, -0.2) is 26.2 Å². The highest BCUT2D eigenvalue weighted by atomic mass is 32.1. The minimum absolute atomic E-state index is 0.129. The van der Waals surface area contributed by atoms with Crippen molar-refractivity contribution >= 4 is 23.2 Å². The quantitative estimate of drug-likeness (QED) is 0.863. The number of carbonyl (C=O) groups is 1. The number of aromatic nitrogens is 3. The highest BCUT2D eigenvalue weighted by Crippen LogP contribution is 2.34. The van der Waals surface area contributed by atoms with Gasteiger partial charge in [-0.05, 0) is 42.9 Å². The van der Waals surface area contributed by atoms with Crippen LogP contribution in [0, 0.1) is 12.3 Å². The van der Waals surface area contributed by atoms with Crippen LogP contribution >= 0.6 is 11.5 Å². The molecule has 0 spiro atoms. The number of nitrogens with one attached hydrogen (secondary N) is 1. The second-order valence-electron chi connectivity index (χ2n) is 5.98. The monoisotopic (exact) mass is 315 g/mol. The van der Waals surface area contributed by atoms with E-state index in [0.717, 1.165) is 35.8 Å². The molecule has 2 aromatic heterocycles. The first-order valence-electron chi connectivity index (χ1n) is 7.11. The molecule has 3 rings (SSSR count). The lowest BCUT2D eigenvalue weighted by Crippen LogP contribution is -2.34. The second-order valence-corrected chi connectivity index (χ2v) is 6.74. The van der Waals surface area contributed by atoms with Crippen molar-refractivity contribution in [3.05, 3.63) is 40.2 Å². The van der Waals surface area contributed by atoms with Gasteiger partial charge in [-0.2, -0.15) is 5.10 Å². The molecule has 1 aliphatic carbocycles. The van der Waals surface area contributed by atoms with Crippen LogP contribution in [-0.2, 0) is 6.42 Å². The summed E-state index contributed by atoms with van der Waals surface area (Å²) in [4.78, 5) is 17.1. The third kappa shape index (κ3) is 2.64. The van der Waals surface area contributed by atoms with Crippen molar-refractivity contribution in [1.82, 2.24) is 20.0 Å². The van der Waals surface area contributed by atoms with E-state index in [9.17, 15) is 4.79 Å². The van der Waals surface area contributed by atoms with Crippen molar-refractivity contribution in [2.75, 3.05) is 0 Å². The number of rotatable bonds is 2. The third-order valence-electron chi connectivity index (χ3n) is 3.90. The van der Waals surface area contributed by atoms with Gasteiger partial charge in [0.15, 0.2) is 0 Å². The van der Waals surface area contributed by atoms with Crippen LogP contribution in [0.2, 0.25) is 0 Å². The van der Waals surface area contributed by atoms with Gasteiger partial charge in [-0.15, -0.1) is 5.10 Å². The minimum Gasteiger partial charge on any atom is -0.266 e. The zero-order valence-corrected chi connectivity index (χ0v) is 13.6. The van der Waals surface area contributed by atoms with Gasteiger partial charge in [-0.3, -0.25) is 9.78 Å². The Morgan fingerprint density at radius 1 is 1.45 bits per heavy atom. The van der Waals surface area contributed by atoms with E-state index in [1.807, 2.05) is 6.07 Å². The van der Waals surface area contributed by atoms with Crippen LogP contribution in [0.25, 0.3) is 0 Å². The molecule has 7 heteroatoms. The second kappa shape index (κ2) is 5.57. The van der Waals surface area contributed by atoms with Gasteiger partial charge in [0.05, 0.1) is 17.1 Å². The Balaban J connectivity index is 1.92. The predicted molar refractivity (Wildman–Crippen MR) is 85.0 cm³/mol. The summed E-state index contributed by atoms with van der Waals surface area (Å²) in [7, 11) is 0. The molecule has 0 saturated carbocycles. The number of hydrogen-bond donors (Lipinski definition) is 1. The van der Waals surface area contributed by atoms with Crippen molar-refractivity contribution < 1.29 is 4.79 Å². The van der Waals surface area contributed by atoms with Crippen molar-refractivity contribution in [3.63, 3.8) is 0 Å². The molecule has 0 bridgehead atoms. The van der Waals surface area contributed by atoms with Crippen molar-refractivity contribution in [1.29, 1.82) is 0 Å². The lowest BCUT2D eigenvalue weighted by molar-refractivity contribution is 0.0957. The van der Waals surface area contributed by atoms with E-state index in [4.69, 9.17) is 0 Å². The Bertz CT molecular complexity index is 750. The topological polar surface area (TPSA) is 80.1 Å². The Morgan fingerprint density at radius 3 is 3.00 bits per heavy atom. The summed E-state index contributed by atoms with van der Waals surface area (Å²) in [5, 5.41) is 8.22. The highest BCUT2D eigenvalue weighted by molar-refractivity contribution is 7.07. The number of fused-ring (bicyclic) bond motifs is 1. The molecule has 2 heterocycles. The van der Waals surface area contributed by atoms with Crippen LogP contribution < -0.4 is 5.43 Å². The van der Waals surface area contributed by atoms with Gasteiger partial charge in [0.1, 0.15) is 4.88 Å². The Hall–Kier alpha value is -2.15. The molecule has 1 aliphatic rings. The molecule has 22 heavy (non-hydrogen) atoms. The number of aryl methyl sites for hydroxylation is 2. The van der Waals surface area contributed by atoms with Crippen molar-refractivity contribution in [2.24, 2.45) is 10.5 Å². The standard InChI is InChI=1S/C15H17N5OS/c1-9-12(22-20-17-9)14(21)19-18-13-11-10(5-4-8-16-11)6-7-15(13,2)3/h4-5,8H,6-7H2,1-3H3,(H,19,21)/b18-13-. The number of nitrogens with zero attached hydrogens (tertiary/aromatic N) is 4. The van der Waals surface area contributed by atoms with Crippen LogP contribution in [0.3, 0.4) is 0 Å². The number of carbonyl (C=O) groups excluding carboxylic acids is 1. The SMILES string of the molecule is Cc1nnsc1C(=O)N/N=C1/c2ncccc2CCC1(C)C. The fourth-order valence-electron chi connectivity index (χ4n) is 2.54. The van der Waals surface area contributed by atoms with Crippen molar-refractivity contribution in [2.45, 2.75) is 33.6 Å². The van der Waals surface area contributed by atoms with Gasteiger partial charge >= 0.3 is 0 Å². The fraction of sp³-hybridized carbons (Fsp3) is 0.400. The zero-order valence-electron chi connectivity index (χ0n) is 12.8. The lowest BCUT2D eigenvalue weighted by atomic mass is 9.74. The first-order valence-corrected chi connectivity index (χ1v) is 7.88. The molecule has 0 aromatic carbocycles. The molecule has 2 aromatic rings. The summed E-state index contributed by atoms with van der Waals surface area (Å²) >= 11 is 1.07. The summed E-state index contributed by atoms with van der Waals surface area (Å²) in [6, 6.07) is 3.99.